The van der Waals surface area contributed by atoms with Crippen LogP contribution in [-0.2, 0) is 6.61 Å². The molecule has 9 heteroatoms. The molecule has 2 heterocycles. The maximum atomic E-state index is 14.0. The van der Waals surface area contributed by atoms with Gasteiger partial charge in [0.25, 0.3) is 11.8 Å². The highest BCUT2D eigenvalue weighted by molar-refractivity contribution is 5.93. The van der Waals surface area contributed by atoms with E-state index in [0.717, 1.165) is 12.1 Å². The standard InChI is InChI=1S/C15H10F2N4O3/c16-9-3-4-10(13(17)12(9)14(18)22)23-7-11-20-15(21-24-11)8-2-1-5-19-6-8/h1-6H,7H2,(H2,18,22). The van der Waals surface area contributed by atoms with Gasteiger partial charge in [-0.05, 0) is 24.3 Å². The van der Waals surface area contributed by atoms with Gasteiger partial charge in [-0.2, -0.15) is 4.98 Å². The minimum absolute atomic E-state index is 0.0678. The topological polar surface area (TPSA) is 104 Å². The number of ether oxygens (including phenoxy) is 1. The molecule has 1 amide bonds. The molecular weight excluding hydrogens is 322 g/mol. The Balaban J connectivity index is 1.76. The number of rotatable bonds is 5. The third kappa shape index (κ3) is 3.05. The second-order valence-corrected chi connectivity index (χ2v) is 4.64. The maximum Gasteiger partial charge on any atom is 0.264 e. The number of aromatic nitrogens is 3. The molecule has 0 saturated carbocycles. The van der Waals surface area contributed by atoms with Gasteiger partial charge in [0.1, 0.15) is 11.4 Å². The zero-order valence-corrected chi connectivity index (χ0v) is 12.1. The number of hydrogen-bond acceptors (Lipinski definition) is 6. The van der Waals surface area contributed by atoms with E-state index in [1.807, 2.05) is 0 Å². The van der Waals surface area contributed by atoms with Gasteiger partial charge in [-0.25, -0.2) is 8.78 Å². The summed E-state index contributed by atoms with van der Waals surface area (Å²) in [5.74, 6) is -3.48. The van der Waals surface area contributed by atoms with Gasteiger partial charge in [-0.15, -0.1) is 0 Å². The summed E-state index contributed by atoms with van der Waals surface area (Å²) in [5.41, 5.74) is 4.71. The number of carbonyl (C=O) groups is 1. The van der Waals surface area contributed by atoms with Crippen LogP contribution in [0, 0.1) is 11.6 Å². The summed E-state index contributed by atoms with van der Waals surface area (Å²) in [6.07, 6.45) is 3.15. The molecule has 0 atom stereocenters. The molecule has 2 N–H and O–H groups in total. The molecule has 0 bridgehead atoms. The lowest BCUT2D eigenvalue weighted by Gasteiger charge is -2.07. The number of carbonyl (C=O) groups excluding carboxylic acids is 1. The lowest BCUT2D eigenvalue weighted by Crippen LogP contribution is -2.16. The molecule has 0 aliphatic heterocycles. The van der Waals surface area contributed by atoms with Crippen molar-refractivity contribution in [3.63, 3.8) is 0 Å². The number of benzene rings is 1. The summed E-state index contributed by atoms with van der Waals surface area (Å²) >= 11 is 0. The molecule has 24 heavy (non-hydrogen) atoms. The molecule has 3 rings (SSSR count). The normalized spacial score (nSPS) is 10.6. The van der Waals surface area contributed by atoms with Crippen molar-refractivity contribution in [3.05, 3.63) is 59.7 Å². The van der Waals surface area contributed by atoms with E-state index in [-0.39, 0.29) is 18.2 Å². The van der Waals surface area contributed by atoms with Crippen molar-refractivity contribution in [2.24, 2.45) is 5.73 Å². The van der Waals surface area contributed by atoms with Gasteiger partial charge in [0, 0.05) is 18.0 Å². The predicted octanol–water partition coefficient (Wildman–Crippen LogP) is 2.09. The van der Waals surface area contributed by atoms with E-state index in [1.54, 1.807) is 24.5 Å². The molecule has 122 valence electrons. The molecular formula is C15H10F2N4O3. The van der Waals surface area contributed by atoms with Crippen molar-refractivity contribution >= 4 is 5.91 Å². The Kier molecular flexibility index (Phi) is 4.15. The fraction of sp³-hybridized carbons (Fsp3) is 0.0667. The second kappa shape index (κ2) is 6.41. The molecule has 0 unspecified atom stereocenters. The highest BCUT2D eigenvalue weighted by Crippen LogP contribution is 2.24. The molecule has 0 saturated heterocycles. The van der Waals surface area contributed by atoms with E-state index >= 15 is 0 Å². The Bertz CT molecular complexity index is 884. The van der Waals surface area contributed by atoms with Crippen LogP contribution in [0.2, 0.25) is 0 Å². The summed E-state index contributed by atoms with van der Waals surface area (Å²) in [6.45, 7) is -0.270. The third-order valence-electron chi connectivity index (χ3n) is 3.04. The van der Waals surface area contributed by atoms with Crippen molar-refractivity contribution in [2.75, 3.05) is 0 Å². The predicted molar refractivity (Wildman–Crippen MR) is 76.7 cm³/mol. The molecule has 0 spiro atoms. The Morgan fingerprint density at radius 1 is 1.29 bits per heavy atom. The van der Waals surface area contributed by atoms with Gasteiger partial charge in [0.15, 0.2) is 18.2 Å². The van der Waals surface area contributed by atoms with E-state index in [4.69, 9.17) is 15.0 Å². The van der Waals surface area contributed by atoms with Gasteiger partial charge < -0.3 is 15.0 Å². The number of primary amides is 1. The fourth-order valence-electron chi connectivity index (χ4n) is 1.94. The lowest BCUT2D eigenvalue weighted by molar-refractivity contribution is 0.0991. The fourth-order valence-corrected chi connectivity index (χ4v) is 1.94. The molecule has 1 aromatic carbocycles. The van der Waals surface area contributed by atoms with Crippen molar-refractivity contribution in [1.82, 2.24) is 15.1 Å². The second-order valence-electron chi connectivity index (χ2n) is 4.64. The number of pyridine rings is 1. The van der Waals surface area contributed by atoms with Crippen LogP contribution in [0.1, 0.15) is 16.2 Å². The molecule has 0 aliphatic rings. The number of amides is 1. The Labute approximate surface area is 134 Å². The van der Waals surface area contributed by atoms with Crippen LogP contribution < -0.4 is 10.5 Å². The summed E-state index contributed by atoms with van der Waals surface area (Å²) < 4.78 is 37.5. The molecule has 3 aromatic rings. The van der Waals surface area contributed by atoms with E-state index in [2.05, 4.69) is 15.1 Å². The van der Waals surface area contributed by atoms with Crippen molar-refractivity contribution in [3.8, 4) is 17.1 Å². The highest BCUT2D eigenvalue weighted by Gasteiger charge is 2.20. The van der Waals surface area contributed by atoms with Gasteiger partial charge >= 0.3 is 0 Å². The monoisotopic (exact) mass is 332 g/mol. The summed E-state index contributed by atoms with van der Waals surface area (Å²) in [6, 6.07) is 5.37. The zero-order valence-electron chi connectivity index (χ0n) is 12.1. The molecule has 0 aliphatic carbocycles. The highest BCUT2D eigenvalue weighted by atomic mass is 19.1. The van der Waals surface area contributed by atoms with Crippen LogP contribution in [0.15, 0.2) is 41.2 Å². The number of hydrogen-bond donors (Lipinski definition) is 1. The van der Waals surface area contributed by atoms with E-state index in [9.17, 15) is 13.6 Å². The van der Waals surface area contributed by atoms with Gasteiger partial charge in [-0.1, -0.05) is 5.16 Å². The minimum Gasteiger partial charge on any atom is -0.481 e. The van der Waals surface area contributed by atoms with E-state index in [1.165, 1.54) is 0 Å². The van der Waals surface area contributed by atoms with Crippen LogP contribution in [0.3, 0.4) is 0 Å². The third-order valence-corrected chi connectivity index (χ3v) is 3.04. The maximum absolute atomic E-state index is 14.0. The average molecular weight is 332 g/mol. The van der Waals surface area contributed by atoms with Crippen LogP contribution >= 0.6 is 0 Å². The first-order valence-electron chi connectivity index (χ1n) is 6.70. The Hall–Kier alpha value is -3.36. The van der Waals surface area contributed by atoms with Gasteiger partial charge in [0.2, 0.25) is 5.82 Å². The minimum atomic E-state index is -1.23. The summed E-state index contributed by atoms with van der Waals surface area (Å²) in [7, 11) is 0. The largest absolute Gasteiger partial charge is 0.481 e. The summed E-state index contributed by atoms with van der Waals surface area (Å²) in [4.78, 5) is 19.1. The van der Waals surface area contributed by atoms with E-state index < -0.39 is 23.1 Å². The molecule has 7 nitrogen and oxygen atoms in total. The van der Waals surface area contributed by atoms with Crippen LogP contribution in [0.4, 0.5) is 8.78 Å². The first kappa shape index (κ1) is 15.5. The van der Waals surface area contributed by atoms with Crippen molar-refractivity contribution in [1.29, 1.82) is 0 Å². The zero-order chi connectivity index (χ0) is 17.1. The van der Waals surface area contributed by atoms with Crippen LogP contribution in [0.25, 0.3) is 11.4 Å². The Morgan fingerprint density at radius 3 is 2.83 bits per heavy atom. The smallest absolute Gasteiger partial charge is 0.264 e. The quantitative estimate of drug-likeness (QED) is 0.767. The molecule has 0 radical (unpaired) electrons. The number of nitrogens with zero attached hydrogens (tertiary/aromatic N) is 3. The first-order valence-corrected chi connectivity index (χ1v) is 6.70. The van der Waals surface area contributed by atoms with Crippen molar-refractivity contribution < 1.29 is 22.8 Å². The number of nitrogens with two attached hydrogens (primary N) is 1. The van der Waals surface area contributed by atoms with Crippen LogP contribution in [-0.4, -0.2) is 21.0 Å². The molecule has 2 aromatic heterocycles. The van der Waals surface area contributed by atoms with Gasteiger partial charge in [0.05, 0.1) is 0 Å². The van der Waals surface area contributed by atoms with Gasteiger partial charge in [-0.3, -0.25) is 9.78 Å². The first-order chi connectivity index (χ1) is 11.6. The number of halogens is 2. The lowest BCUT2D eigenvalue weighted by atomic mass is 10.1. The SMILES string of the molecule is NC(=O)c1c(F)ccc(OCc2nc(-c3cccnc3)no2)c1F. The van der Waals surface area contributed by atoms with Crippen LogP contribution in [0.5, 0.6) is 5.75 Å². The average Bonchev–Trinajstić information content (AvgIpc) is 3.04. The summed E-state index contributed by atoms with van der Waals surface area (Å²) in [5, 5.41) is 3.75. The molecule has 0 fully saturated rings. The van der Waals surface area contributed by atoms with E-state index in [0.29, 0.717) is 11.4 Å². The Morgan fingerprint density at radius 2 is 2.12 bits per heavy atom. The van der Waals surface area contributed by atoms with Crippen molar-refractivity contribution in [2.45, 2.75) is 6.61 Å².